The first-order valence-electron chi connectivity index (χ1n) is 8.01. The van der Waals surface area contributed by atoms with Crippen LogP contribution in [0.1, 0.15) is 51.4 Å². The van der Waals surface area contributed by atoms with E-state index >= 15 is 0 Å². The highest BCUT2D eigenvalue weighted by molar-refractivity contribution is 5.85. The Bertz CT molecular complexity index is 653. The first-order valence-corrected chi connectivity index (χ1v) is 8.01. The fraction of sp³-hybridized carbons (Fsp3) is 0.529. The van der Waals surface area contributed by atoms with Crippen molar-refractivity contribution in [2.45, 2.75) is 51.1 Å². The molecule has 2 aromatic rings. The van der Waals surface area contributed by atoms with Crippen LogP contribution in [0.25, 0.3) is 11.0 Å². The predicted octanol–water partition coefficient (Wildman–Crippen LogP) is 3.49. The van der Waals surface area contributed by atoms with E-state index in [1.807, 2.05) is 38.1 Å². The highest BCUT2D eigenvalue weighted by Gasteiger charge is 2.38. The fourth-order valence-corrected chi connectivity index (χ4v) is 3.35. The maximum Gasteiger partial charge on any atom is 0.225 e. The van der Waals surface area contributed by atoms with Gasteiger partial charge in [-0.05, 0) is 38.8 Å². The van der Waals surface area contributed by atoms with Crippen molar-refractivity contribution in [3.8, 4) is 0 Å². The van der Waals surface area contributed by atoms with Crippen molar-refractivity contribution in [1.82, 2.24) is 15.3 Å². The molecule has 5 nitrogen and oxygen atoms in total. The van der Waals surface area contributed by atoms with Gasteiger partial charge in [0.1, 0.15) is 5.82 Å². The first kappa shape index (κ1) is 20.7. The summed E-state index contributed by atoms with van der Waals surface area (Å²) in [7, 11) is 0. The molecule has 0 aliphatic heterocycles. The topological polar surface area (TPSA) is 83.8 Å². The smallest absolute Gasteiger partial charge is 0.225 e. The predicted molar refractivity (Wildman–Crippen MR) is 102 cm³/mol. The van der Waals surface area contributed by atoms with Gasteiger partial charge in [-0.3, -0.25) is 4.79 Å². The number of carbonyl (C=O) groups excluding carboxylic acids is 1. The van der Waals surface area contributed by atoms with Crippen LogP contribution in [0.5, 0.6) is 0 Å². The van der Waals surface area contributed by atoms with Crippen LogP contribution in [0.3, 0.4) is 0 Å². The standard InChI is InChI=1S/C17H24N4O.2ClH/c1-11(15-20-13-8-3-4-9-14(13)21-15)19-16(22)12-7-5-6-10-17(12,2)18;;/h3-4,8-9,11-12H,5-7,10,18H2,1-2H3,(H,19,22)(H,20,21);2*1H. The zero-order valence-corrected chi connectivity index (χ0v) is 15.7. The summed E-state index contributed by atoms with van der Waals surface area (Å²) >= 11 is 0. The van der Waals surface area contributed by atoms with E-state index in [1.54, 1.807) is 0 Å². The largest absolute Gasteiger partial charge is 0.346 e. The minimum absolute atomic E-state index is 0. The Kier molecular flexibility index (Phi) is 7.08. The van der Waals surface area contributed by atoms with Crippen molar-refractivity contribution in [3.05, 3.63) is 30.1 Å². The van der Waals surface area contributed by atoms with Gasteiger partial charge in [-0.2, -0.15) is 0 Å². The third-order valence-electron chi connectivity index (χ3n) is 4.75. The van der Waals surface area contributed by atoms with E-state index in [2.05, 4.69) is 15.3 Å². The summed E-state index contributed by atoms with van der Waals surface area (Å²) in [4.78, 5) is 20.4. The van der Waals surface area contributed by atoms with Gasteiger partial charge in [-0.1, -0.05) is 25.0 Å². The molecule has 3 unspecified atom stereocenters. The van der Waals surface area contributed by atoms with Gasteiger partial charge in [-0.25, -0.2) is 4.98 Å². The van der Waals surface area contributed by atoms with Crippen LogP contribution in [0.15, 0.2) is 24.3 Å². The minimum atomic E-state index is -0.407. The number of halogens is 2. The number of imidazole rings is 1. The molecule has 1 aliphatic rings. The molecule has 24 heavy (non-hydrogen) atoms. The lowest BCUT2D eigenvalue weighted by atomic mass is 9.74. The van der Waals surface area contributed by atoms with Crippen molar-refractivity contribution >= 4 is 41.8 Å². The van der Waals surface area contributed by atoms with Crippen LogP contribution in [0.4, 0.5) is 0 Å². The van der Waals surface area contributed by atoms with Crippen molar-refractivity contribution in [2.75, 3.05) is 0 Å². The summed E-state index contributed by atoms with van der Waals surface area (Å²) in [5.74, 6) is 0.704. The lowest BCUT2D eigenvalue weighted by Crippen LogP contribution is -2.53. The van der Waals surface area contributed by atoms with Gasteiger partial charge in [-0.15, -0.1) is 24.8 Å². The number of amides is 1. The average Bonchev–Trinajstić information content (AvgIpc) is 2.90. The van der Waals surface area contributed by atoms with Crippen LogP contribution in [-0.2, 0) is 4.79 Å². The highest BCUT2D eigenvalue weighted by atomic mass is 35.5. The number of nitrogens with two attached hydrogens (primary N) is 1. The molecule has 1 aromatic carbocycles. The average molecular weight is 373 g/mol. The van der Waals surface area contributed by atoms with Gasteiger partial charge in [0.15, 0.2) is 0 Å². The Balaban J connectivity index is 0.00000144. The molecule has 1 saturated carbocycles. The number of benzene rings is 1. The minimum Gasteiger partial charge on any atom is -0.346 e. The van der Waals surface area contributed by atoms with Gasteiger partial charge in [0.25, 0.3) is 0 Å². The van der Waals surface area contributed by atoms with Gasteiger partial charge in [0, 0.05) is 5.54 Å². The molecule has 1 aliphatic carbocycles. The Morgan fingerprint density at radius 1 is 1.38 bits per heavy atom. The Morgan fingerprint density at radius 3 is 2.75 bits per heavy atom. The number of aromatic amines is 1. The van der Waals surface area contributed by atoms with Crippen LogP contribution in [0, 0.1) is 5.92 Å². The second-order valence-corrected chi connectivity index (χ2v) is 6.67. The number of nitrogens with zero attached hydrogens (tertiary/aromatic N) is 1. The summed E-state index contributed by atoms with van der Waals surface area (Å²) in [5, 5.41) is 3.07. The lowest BCUT2D eigenvalue weighted by molar-refractivity contribution is -0.128. The number of hydrogen-bond donors (Lipinski definition) is 3. The van der Waals surface area contributed by atoms with Crippen LogP contribution in [-0.4, -0.2) is 21.4 Å². The van der Waals surface area contributed by atoms with Gasteiger partial charge in [0.05, 0.1) is 23.0 Å². The fourth-order valence-electron chi connectivity index (χ4n) is 3.35. The van der Waals surface area contributed by atoms with Crippen molar-refractivity contribution in [1.29, 1.82) is 0 Å². The number of aromatic nitrogens is 2. The zero-order chi connectivity index (χ0) is 15.7. The lowest BCUT2D eigenvalue weighted by Gasteiger charge is -2.37. The van der Waals surface area contributed by atoms with Crippen LogP contribution < -0.4 is 11.1 Å². The maximum atomic E-state index is 12.6. The normalized spacial score (nSPS) is 24.5. The number of carbonyl (C=O) groups is 1. The molecular weight excluding hydrogens is 347 g/mol. The Hall–Kier alpha value is -1.30. The molecule has 0 spiro atoms. The van der Waals surface area contributed by atoms with Gasteiger partial charge >= 0.3 is 0 Å². The number of H-pyrrole nitrogens is 1. The molecule has 1 aromatic heterocycles. The molecular formula is C17H26Cl2N4O. The molecule has 0 radical (unpaired) electrons. The van der Waals surface area contributed by atoms with Gasteiger partial charge < -0.3 is 16.0 Å². The van der Waals surface area contributed by atoms with E-state index in [4.69, 9.17) is 5.73 Å². The van der Waals surface area contributed by atoms with E-state index < -0.39 is 5.54 Å². The molecule has 7 heteroatoms. The Labute approximate surface area is 155 Å². The summed E-state index contributed by atoms with van der Waals surface area (Å²) in [6.45, 7) is 3.94. The van der Waals surface area contributed by atoms with Crippen molar-refractivity contribution in [2.24, 2.45) is 11.7 Å². The molecule has 3 rings (SSSR count). The third kappa shape index (κ3) is 4.21. The molecule has 0 bridgehead atoms. The maximum absolute atomic E-state index is 12.6. The molecule has 3 atom stereocenters. The summed E-state index contributed by atoms with van der Waals surface area (Å²) in [5.41, 5.74) is 7.81. The number of para-hydroxylation sites is 2. The molecule has 4 N–H and O–H groups in total. The number of nitrogens with one attached hydrogen (secondary N) is 2. The zero-order valence-electron chi connectivity index (χ0n) is 14.0. The highest BCUT2D eigenvalue weighted by Crippen LogP contribution is 2.32. The summed E-state index contributed by atoms with van der Waals surface area (Å²) in [6.07, 6.45) is 3.95. The first-order chi connectivity index (χ1) is 10.5. The molecule has 0 saturated heterocycles. The second kappa shape index (κ2) is 8.19. The summed E-state index contributed by atoms with van der Waals surface area (Å²) in [6, 6.07) is 7.71. The van der Waals surface area contributed by atoms with E-state index in [-0.39, 0.29) is 42.7 Å². The quantitative estimate of drug-likeness (QED) is 0.770. The number of rotatable bonds is 3. The molecule has 1 fully saturated rings. The van der Waals surface area contributed by atoms with Crippen LogP contribution >= 0.6 is 24.8 Å². The van der Waals surface area contributed by atoms with Gasteiger partial charge in [0.2, 0.25) is 5.91 Å². The molecule has 134 valence electrons. The SMILES string of the molecule is CC(NC(=O)C1CCCCC1(C)N)c1nc2ccccc2[nH]1.Cl.Cl. The van der Waals surface area contributed by atoms with E-state index in [9.17, 15) is 4.79 Å². The van der Waals surface area contributed by atoms with Crippen molar-refractivity contribution < 1.29 is 4.79 Å². The Morgan fingerprint density at radius 2 is 2.08 bits per heavy atom. The molecule has 1 amide bonds. The van der Waals surface area contributed by atoms with E-state index in [0.717, 1.165) is 42.5 Å². The van der Waals surface area contributed by atoms with E-state index in [1.165, 1.54) is 0 Å². The monoisotopic (exact) mass is 372 g/mol. The van der Waals surface area contributed by atoms with Crippen LogP contribution in [0.2, 0.25) is 0 Å². The second-order valence-electron chi connectivity index (χ2n) is 6.67. The molecule has 1 heterocycles. The van der Waals surface area contributed by atoms with Crippen molar-refractivity contribution in [3.63, 3.8) is 0 Å². The van der Waals surface area contributed by atoms with E-state index in [0.29, 0.717) is 0 Å². The number of hydrogen-bond acceptors (Lipinski definition) is 3. The number of fused-ring (bicyclic) bond motifs is 1. The third-order valence-corrected chi connectivity index (χ3v) is 4.75. The summed E-state index contributed by atoms with van der Waals surface area (Å²) < 4.78 is 0.